The average Bonchev–Trinajstić information content (AvgIpc) is 2.93. The third-order valence-corrected chi connectivity index (χ3v) is 4.17. The second kappa shape index (κ2) is 9.03. The molecule has 0 fully saturated rings. The van der Waals surface area contributed by atoms with Crippen LogP contribution in [0.25, 0.3) is 10.9 Å². The first kappa shape index (κ1) is 20.2. The Morgan fingerprint density at radius 1 is 1.27 bits per heavy atom. The maximum atomic E-state index is 13.3. The number of hydrogen-bond acceptors (Lipinski definition) is 2. The number of nitrogens with zero attached hydrogens (tertiary/aromatic N) is 2. The average molecular weight is 362 g/mol. The van der Waals surface area contributed by atoms with Crippen LogP contribution in [0.5, 0.6) is 0 Å². The second-order valence-corrected chi connectivity index (χ2v) is 7.78. The minimum atomic E-state index is -0.217. The smallest absolute Gasteiger partial charge is 0.191 e. The summed E-state index contributed by atoms with van der Waals surface area (Å²) in [5.74, 6) is 0.621. The summed E-state index contributed by atoms with van der Waals surface area (Å²) in [6.07, 6.45) is 2.80. The minimum Gasteiger partial charge on any atom is -0.361 e. The molecule has 2 aromatic rings. The van der Waals surface area contributed by atoms with Crippen LogP contribution in [0.3, 0.4) is 0 Å². The first-order valence-corrected chi connectivity index (χ1v) is 9.23. The number of benzene rings is 1. The lowest BCUT2D eigenvalue weighted by atomic mass is 9.93. The molecular weight excluding hydrogens is 329 g/mol. The number of H-pyrrole nitrogens is 1. The van der Waals surface area contributed by atoms with Gasteiger partial charge in [-0.15, -0.1) is 0 Å². The van der Waals surface area contributed by atoms with E-state index in [1.165, 1.54) is 17.7 Å². The van der Waals surface area contributed by atoms with Crippen LogP contribution in [0, 0.1) is 11.2 Å². The van der Waals surface area contributed by atoms with Crippen LogP contribution in [0.2, 0.25) is 0 Å². The van der Waals surface area contributed by atoms with Gasteiger partial charge in [0.2, 0.25) is 0 Å². The van der Waals surface area contributed by atoms with Crippen LogP contribution in [0.15, 0.2) is 29.4 Å². The zero-order valence-electron chi connectivity index (χ0n) is 16.6. The zero-order valence-corrected chi connectivity index (χ0v) is 16.6. The fraction of sp³-hybridized carbons (Fsp3) is 0.550. The summed E-state index contributed by atoms with van der Waals surface area (Å²) in [5, 5.41) is 7.77. The van der Waals surface area contributed by atoms with Crippen LogP contribution < -0.4 is 10.6 Å². The van der Waals surface area contributed by atoms with Crippen molar-refractivity contribution in [2.75, 3.05) is 40.3 Å². The van der Waals surface area contributed by atoms with Crippen molar-refractivity contribution >= 4 is 16.9 Å². The van der Waals surface area contributed by atoms with Gasteiger partial charge in [0.15, 0.2) is 5.96 Å². The van der Waals surface area contributed by atoms with Crippen LogP contribution in [0.1, 0.15) is 26.3 Å². The molecule has 0 aliphatic heterocycles. The van der Waals surface area contributed by atoms with E-state index in [1.54, 1.807) is 0 Å². The Morgan fingerprint density at radius 3 is 2.73 bits per heavy atom. The Hall–Kier alpha value is -2.08. The summed E-state index contributed by atoms with van der Waals surface area (Å²) >= 11 is 0. The number of aliphatic imine (C=N–C) groups is 1. The van der Waals surface area contributed by atoms with Gasteiger partial charge in [0, 0.05) is 43.3 Å². The molecule has 0 bridgehead atoms. The largest absolute Gasteiger partial charge is 0.361 e. The molecule has 0 atom stereocenters. The number of fused-ring (bicyclic) bond motifs is 1. The molecule has 3 N–H and O–H groups in total. The maximum Gasteiger partial charge on any atom is 0.191 e. The normalized spacial score (nSPS) is 12.8. The zero-order chi connectivity index (χ0) is 19.2. The fourth-order valence-electron chi connectivity index (χ4n) is 3.22. The molecule has 0 saturated carbocycles. The van der Waals surface area contributed by atoms with Crippen molar-refractivity contribution in [2.24, 2.45) is 10.4 Å². The molecule has 0 aliphatic rings. The van der Waals surface area contributed by atoms with E-state index in [0.717, 1.165) is 49.5 Å². The molecular formula is C20H32FN5. The van der Waals surface area contributed by atoms with Gasteiger partial charge in [0.25, 0.3) is 0 Å². The summed E-state index contributed by atoms with van der Waals surface area (Å²) in [4.78, 5) is 10.1. The molecule has 1 aromatic heterocycles. The molecule has 0 spiro atoms. The third kappa shape index (κ3) is 6.02. The van der Waals surface area contributed by atoms with E-state index in [9.17, 15) is 4.39 Å². The van der Waals surface area contributed by atoms with Crippen molar-refractivity contribution in [1.29, 1.82) is 0 Å². The van der Waals surface area contributed by atoms with Gasteiger partial charge in [-0.3, -0.25) is 4.99 Å². The van der Waals surface area contributed by atoms with Crippen LogP contribution in [-0.2, 0) is 6.42 Å². The Morgan fingerprint density at radius 2 is 2.04 bits per heavy atom. The first-order chi connectivity index (χ1) is 12.3. The highest BCUT2D eigenvalue weighted by molar-refractivity contribution is 5.83. The Bertz CT molecular complexity index is 733. The molecule has 144 valence electrons. The Labute approximate surface area is 156 Å². The van der Waals surface area contributed by atoms with Crippen molar-refractivity contribution in [3.8, 4) is 0 Å². The number of aromatic nitrogens is 1. The predicted molar refractivity (Wildman–Crippen MR) is 108 cm³/mol. The third-order valence-electron chi connectivity index (χ3n) is 4.17. The summed E-state index contributed by atoms with van der Waals surface area (Å²) in [5.41, 5.74) is 2.13. The lowest BCUT2D eigenvalue weighted by Crippen LogP contribution is -2.40. The first-order valence-electron chi connectivity index (χ1n) is 9.23. The molecule has 26 heavy (non-hydrogen) atoms. The van der Waals surface area contributed by atoms with E-state index < -0.39 is 0 Å². The monoisotopic (exact) mass is 361 g/mol. The van der Waals surface area contributed by atoms with E-state index in [1.807, 2.05) is 12.3 Å². The number of guanidine groups is 1. The van der Waals surface area contributed by atoms with E-state index in [4.69, 9.17) is 4.99 Å². The van der Waals surface area contributed by atoms with E-state index in [-0.39, 0.29) is 11.2 Å². The van der Waals surface area contributed by atoms with Crippen LogP contribution >= 0.6 is 0 Å². The summed E-state index contributed by atoms with van der Waals surface area (Å²) in [7, 11) is 4.17. The van der Waals surface area contributed by atoms with Gasteiger partial charge >= 0.3 is 0 Å². The minimum absolute atomic E-state index is 0.118. The van der Waals surface area contributed by atoms with Gasteiger partial charge in [-0.25, -0.2) is 4.39 Å². The second-order valence-electron chi connectivity index (χ2n) is 7.78. The van der Waals surface area contributed by atoms with E-state index in [2.05, 4.69) is 55.4 Å². The molecule has 0 saturated heterocycles. The van der Waals surface area contributed by atoms with Gasteiger partial charge in [-0.05, 0) is 56.6 Å². The Balaban J connectivity index is 1.94. The quantitative estimate of drug-likeness (QED) is 0.500. The van der Waals surface area contributed by atoms with Crippen molar-refractivity contribution in [3.63, 3.8) is 0 Å². The van der Waals surface area contributed by atoms with Gasteiger partial charge in [0.05, 0.1) is 0 Å². The van der Waals surface area contributed by atoms with Gasteiger partial charge in [-0.1, -0.05) is 13.8 Å². The fourth-order valence-corrected chi connectivity index (χ4v) is 3.22. The van der Waals surface area contributed by atoms with Gasteiger partial charge in [-0.2, -0.15) is 0 Å². The highest BCUT2D eigenvalue weighted by Gasteiger charge is 2.18. The molecule has 0 amide bonds. The lowest BCUT2D eigenvalue weighted by Gasteiger charge is -2.26. The highest BCUT2D eigenvalue weighted by atomic mass is 19.1. The summed E-state index contributed by atoms with van der Waals surface area (Å²) in [6, 6.07) is 4.87. The number of aromatic amines is 1. The summed E-state index contributed by atoms with van der Waals surface area (Å²) in [6.45, 7) is 9.86. The highest BCUT2D eigenvalue weighted by Crippen LogP contribution is 2.19. The predicted octanol–water partition coefficient (Wildman–Crippen LogP) is 2.99. The Kier molecular flexibility index (Phi) is 7.03. The molecule has 6 heteroatoms. The number of rotatable bonds is 8. The maximum absolute atomic E-state index is 13.3. The van der Waals surface area contributed by atoms with Crippen molar-refractivity contribution in [3.05, 3.63) is 35.8 Å². The molecule has 0 aliphatic carbocycles. The SMILES string of the molecule is CCNC(=NCC(C)(C)CN(C)C)NCCc1c[nH]c2cc(F)ccc12. The topological polar surface area (TPSA) is 55.5 Å². The standard InChI is InChI=1S/C20H32FN5/c1-6-22-19(25-13-20(2,3)14-26(4)5)23-10-9-15-12-24-18-11-16(21)7-8-17(15)18/h7-8,11-12,24H,6,9-10,13-14H2,1-5H3,(H2,22,23,25). The molecule has 0 unspecified atom stereocenters. The summed E-state index contributed by atoms with van der Waals surface area (Å²) < 4.78 is 13.3. The van der Waals surface area contributed by atoms with Crippen molar-refractivity contribution < 1.29 is 4.39 Å². The van der Waals surface area contributed by atoms with E-state index in [0.29, 0.717) is 0 Å². The van der Waals surface area contributed by atoms with Crippen molar-refractivity contribution in [1.82, 2.24) is 20.5 Å². The van der Waals surface area contributed by atoms with Crippen LogP contribution in [-0.4, -0.2) is 56.1 Å². The number of halogens is 1. The molecule has 1 heterocycles. The molecule has 0 radical (unpaired) electrons. The van der Waals surface area contributed by atoms with Gasteiger partial charge in [0.1, 0.15) is 5.82 Å². The molecule has 1 aromatic carbocycles. The van der Waals surface area contributed by atoms with Crippen molar-refractivity contribution in [2.45, 2.75) is 27.2 Å². The number of hydrogen-bond donors (Lipinski definition) is 3. The van der Waals surface area contributed by atoms with Crippen LogP contribution in [0.4, 0.5) is 4.39 Å². The van der Waals surface area contributed by atoms with Gasteiger partial charge < -0.3 is 20.5 Å². The molecule has 2 rings (SSSR count). The number of nitrogens with one attached hydrogen (secondary N) is 3. The molecule has 5 nitrogen and oxygen atoms in total. The van der Waals surface area contributed by atoms with E-state index >= 15 is 0 Å². The lowest BCUT2D eigenvalue weighted by molar-refractivity contribution is 0.248.